The van der Waals surface area contributed by atoms with Crippen LogP contribution in [-0.4, -0.2) is 75.0 Å². The Morgan fingerprint density at radius 2 is 2.11 bits per heavy atom. The fourth-order valence-corrected chi connectivity index (χ4v) is 4.12. The summed E-state index contributed by atoms with van der Waals surface area (Å²) in [4.78, 5) is 47.7. The van der Waals surface area contributed by atoms with Crippen molar-refractivity contribution < 1.29 is 19.3 Å². The van der Waals surface area contributed by atoms with Gasteiger partial charge in [-0.3, -0.25) is 20.0 Å². The summed E-state index contributed by atoms with van der Waals surface area (Å²) in [5.41, 5.74) is 4.89. The summed E-state index contributed by atoms with van der Waals surface area (Å²) in [5, 5.41) is 2.62. The lowest BCUT2D eigenvalue weighted by Gasteiger charge is -2.31. The van der Waals surface area contributed by atoms with Crippen molar-refractivity contribution in [2.75, 3.05) is 38.6 Å². The number of fused-ring (bicyclic) bond motifs is 1. The second-order valence-corrected chi connectivity index (χ2v) is 8.55. The van der Waals surface area contributed by atoms with Gasteiger partial charge in [-0.2, -0.15) is 0 Å². The second-order valence-electron chi connectivity index (χ2n) is 8.55. The van der Waals surface area contributed by atoms with Crippen molar-refractivity contribution in [1.29, 1.82) is 0 Å². The summed E-state index contributed by atoms with van der Waals surface area (Å²) in [6.45, 7) is 4.58. The first-order chi connectivity index (χ1) is 17.5. The third kappa shape index (κ3) is 5.01. The number of anilines is 1. The van der Waals surface area contributed by atoms with Gasteiger partial charge >= 0.3 is 11.9 Å². The van der Waals surface area contributed by atoms with Crippen molar-refractivity contribution in [3.8, 4) is 22.5 Å². The quantitative estimate of drug-likeness (QED) is 0.427. The lowest BCUT2D eigenvalue weighted by molar-refractivity contribution is -0.368. The predicted molar refractivity (Wildman–Crippen MR) is 133 cm³/mol. The summed E-state index contributed by atoms with van der Waals surface area (Å²) in [5.74, 6) is 1.05. The van der Waals surface area contributed by atoms with E-state index in [0.29, 0.717) is 24.4 Å². The number of hydrogen-bond acceptors (Lipinski definition) is 7. The van der Waals surface area contributed by atoms with Crippen LogP contribution in [0.1, 0.15) is 12.6 Å². The van der Waals surface area contributed by atoms with Crippen LogP contribution in [0, 0.1) is 0 Å². The summed E-state index contributed by atoms with van der Waals surface area (Å²) in [7, 11) is 1.83. The predicted octanol–water partition coefficient (Wildman–Crippen LogP) is 2.34. The molecule has 4 aromatic rings. The van der Waals surface area contributed by atoms with Gasteiger partial charge in [0.05, 0.1) is 36.1 Å². The van der Waals surface area contributed by atoms with Gasteiger partial charge in [-0.25, -0.2) is 14.8 Å². The number of ether oxygens (including phenoxy) is 1. The zero-order chi connectivity index (χ0) is 25.1. The summed E-state index contributed by atoms with van der Waals surface area (Å²) >= 11 is 0. The van der Waals surface area contributed by atoms with E-state index in [2.05, 4.69) is 35.1 Å². The van der Waals surface area contributed by atoms with Crippen molar-refractivity contribution in [3.05, 3.63) is 54.6 Å². The number of nitrogens with one attached hydrogen (secondary N) is 3. The van der Waals surface area contributed by atoms with E-state index >= 15 is 0 Å². The van der Waals surface area contributed by atoms with Crippen molar-refractivity contribution >= 4 is 29.0 Å². The molecule has 0 atom stereocenters. The zero-order valence-electron chi connectivity index (χ0n) is 20.1. The van der Waals surface area contributed by atoms with Gasteiger partial charge in [0.2, 0.25) is 11.9 Å². The highest BCUT2D eigenvalue weighted by Crippen LogP contribution is 2.31. The first-order valence-electron chi connectivity index (χ1n) is 11.7. The number of benzene rings is 1. The SMILES string of the molecule is CCOC(=O)Nc1nc2c(-c3nccc[nH+]3)cc(-c3ccc(CN4CCN(C)C(=O)C4)nc3)cc2[nH]1. The fourth-order valence-electron chi connectivity index (χ4n) is 4.12. The Balaban J connectivity index is 1.45. The fraction of sp³-hybridized carbons (Fsp3) is 0.280. The van der Waals surface area contributed by atoms with Gasteiger partial charge < -0.3 is 14.6 Å². The standard InChI is InChI=1S/C25H26N8O3/c1-3-36-25(35)31-24-29-20-12-17(11-19(22(20)30-24)23-26-7-4-8-27-23)16-5-6-18(28-13-16)14-33-10-9-32(2)21(34)15-33/h4-8,11-13H,3,9-10,14-15H2,1-2H3,(H2,29,30,31,35)/p+1. The molecular formula is C25H27N8O3+. The van der Waals surface area contributed by atoms with Gasteiger partial charge in [0.25, 0.3) is 0 Å². The molecule has 3 aromatic heterocycles. The molecule has 3 N–H and O–H groups in total. The molecule has 0 bridgehead atoms. The summed E-state index contributed by atoms with van der Waals surface area (Å²) < 4.78 is 4.97. The van der Waals surface area contributed by atoms with Crippen LogP contribution >= 0.6 is 0 Å². The molecule has 184 valence electrons. The van der Waals surface area contributed by atoms with Crippen LogP contribution in [-0.2, 0) is 16.1 Å². The Kier molecular flexibility index (Phi) is 6.54. The van der Waals surface area contributed by atoms with Crippen LogP contribution < -0.4 is 10.3 Å². The van der Waals surface area contributed by atoms with Crippen LogP contribution in [0.4, 0.5) is 10.7 Å². The number of aromatic amines is 2. The minimum absolute atomic E-state index is 0.126. The van der Waals surface area contributed by atoms with Crippen molar-refractivity contribution in [2.45, 2.75) is 13.5 Å². The number of H-pyrrole nitrogens is 2. The van der Waals surface area contributed by atoms with Crippen molar-refractivity contribution in [3.63, 3.8) is 0 Å². The van der Waals surface area contributed by atoms with E-state index in [1.54, 1.807) is 30.3 Å². The zero-order valence-corrected chi connectivity index (χ0v) is 20.1. The molecule has 4 heterocycles. The molecule has 1 aromatic carbocycles. The highest BCUT2D eigenvalue weighted by atomic mass is 16.5. The van der Waals surface area contributed by atoms with E-state index in [1.165, 1.54) is 0 Å². The van der Waals surface area contributed by atoms with E-state index in [0.717, 1.165) is 41.0 Å². The third-order valence-corrected chi connectivity index (χ3v) is 6.02. The number of rotatable bonds is 6. The van der Waals surface area contributed by atoms with Gasteiger partial charge in [0.1, 0.15) is 11.7 Å². The lowest BCUT2D eigenvalue weighted by atomic mass is 10.0. The number of imidazole rings is 1. The smallest absolute Gasteiger partial charge is 0.413 e. The molecule has 0 radical (unpaired) electrons. The topological polar surface area (TPSA) is 130 Å². The number of amides is 2. The van der Waals surface area contributed by atoms with E-state index in [-0.39, 0.29) is 18.5 Å². The second kappa shape index (κ2) is 10.1. The maximum atomic E-state index is 12.0. The van der Waals surface area contributed by atoms with E-state index in [9.17, 15) is 9.59 Å². The maximum Gasteiger partial charge on any atom is 0.413 e. The Labute approximate surface area is 207 Å². The first kappa shape index (κ1) is 23.4. The first-order valence-corrected chi connectivity index (χ1v) is 11.7. The number of hydrogen-bond donors (Lipinski definition) is 2. The minimum atomic E-state index is -0.579. The average molecular weight is 488 g/mol. The normalized spacial score (nSPS) is 14.3. The van der Waals surface area contributed by atoms with Crippen molar-refractivity contribution in [1.82, 2.24) is 29.7 Å². The molecule has 5 rings (SSSR count). The number of aromatic nitrogens is 5. The minimum Gasteiger partial charge on any atom is -0.450 e. The Hall–Kier alpha value is -4.38. The van der Waals surface area contributed by atoms with E-state index in [4.69, 9.17) is 4.74 Å². The lowest BCUT2D eigenvalue weighted by Crippen LogP contribution is -2.48. The molecule has 1 fully saturated rings. The van der Waals surface area contributed by atoms with Crippen LogP contribution in [0.25, 0.3) is 33.5 Å². The number of nitrogens with zero attached hydrogens (tertiary/aromatic N) is 5. The molecule has 0 unspecified atom stereocenters. The number of pyridine rings is 1. The molecule has 1 aliphatic rings. The van der Waals surface area contributed by atoms with Crippen molar-refractivity contribution in [2.24, 2.45) is 0 Å². The molecule has 0 aliphatic carbocycles. The van der Waals surface area contributed by atoms with Crippen LogP contribution in [0.15, 0.2) is 48.9 Å². The van der Waals surface area contributed by atoms with Gasteiger partial charge in [0.15, 0.2) is 0 Å². The van der Waals surface area contributed by atoms with E-state index in [1.807, 2.05) is 37.5 Å². The number of carbonyl (C=O) groups is 2. The largest absolute Gasteiger partial charge is 0.450 e. The maximum absolute atomic E-state index is 12.0. The molecule has 0 saturated carbocycles. The van der Waals surface area contributed by atoms with E-state index < -0.39 is 6.09 Å². The number of piperazine rings is 1. The summed E-state index contributed by atoms with van der Waals surface area (Å²) in [6.07, 6.45) is 4.75. The highest BCUT2D eigenvalue weighted by Gasteiger charge is 2.22. The van der Waals surface area contributed by atoms with Gasteiger partial charge in [-0.15, -0.1) is 0 Å². The Bertz CT molecular complexity index is 1390. The van der Waals surface area contributed by atoms with Gasteiger partial charge in [-0.05, 0) is 35.7 Å². The molecule has 11 heteroatoms. The monoisotopic (exact) mass is 487 g/mol. The third-order valence-electron chi connectivity index (χ3n) is 6.02. The van der Waals surface area contributed by atoms with Gasteiger partial charge in [-0.1, -0.05) is 6.07 Å². The van der Waals surface area contributed by atoms with Crippen LogP contribution in [0.2, 0.25) is 0 Å². The van der Waals surface area contributed by atoms with Gasteiger partial charge in [0, 0.05) is 44.5 Å². The molecule has 36 heavy (non-hydrogen) atoms. The Morgan fingerprint density at radius 1 is 1.22 bits per heavy atom. The molecule has 11 nitrogen and oxygen atoms in total. The molecule has 1 aliphatic heterocycles. The average Bonchev–Trinajstić information content (AvgIpc) is 3.29. The molecule has 2 amide bonds. The summed E-state index contributed by atoms with van der Waals surface area (Å²) in [6, 6.07) is 9.75. The van der Waals surface area contributed by atoms with Crippen LogP contribution in [0.5, 0.6) is 0 Å². The number of likely N-dealkylation sites (N-methyl/N-ethyl adjacent to an activating group) is 1. The molecule has 0 spiro atoms. The molecule has 1 saturated heterocycles. The number of carbonyl (C=O) groups excluding carboxylic acids is 2. The van der Waals surface area contributed by atoms with Crippen LogP contribution in [0.3, 0.4) is 0 Å². The highest BCUT2D eigenvalue weighted by molar-refractivity contribution is 5.96. The Morgan fingerprint density at radius 3 is 2.83 bits per heavy atom. The molecular weight excluding hydrogens is 460 g/mol.